The van der Waals surface area contributed by atoms with Crippen molar-refractivity contribution in [1.82, 2.24) is 0 Å². The molecule has 0 aromatic rings. The molecule has 0 fully saturated rings. The Hall–Kier alpha value is -0.0627. The summed E-state index contributed by atoms with van der Waals surface area (Å²) in [7, 11) is 0. The molecule has 0 heterocycles. The van der Waals surface area contributed by atoms with Crippen LogP contribution in [0.3, 0.4) is 0 Å². The van der Waals surface area contributed by atoms with Crippen molar-refractivity contribution in [3.8, 4) is 6.07 Å². The first-order valence-electron chi connectivity index (χ1n) is 0.724. The molecule has 0 spiro atoms. The van der Waals surface area contributed by atoms with Crippen molar-refractivity contribution in [2.45, 2.75) is 6.92 Å². The number of hydrogen-bond acceptors (Lipinski definition) is 1. The van der Waals surface area contributed by atoms with Crippen LogP contribution in [0.1, 0.15) is 6.92 Å². The van der Waals surface area contributed by atoms with Crippen LogP contribution in [0.2, 0.25) is 0 Å². The Balaban J connectivity index is -0.00000000133. The standard InChI is InChI=1S/C2H3N.B.4FH.Pd/c1-2-3;;;;;;/h1H3;;4*1H;. The Kier molecular flexibility index (Phi) is 7250. The summed E-state index contributed by atoms with van der Waals surface area (Å²) in [6.07, 6.45) is 0. The second-order valence-corrected chi connectivity index (χ2v) is 0.224. The Morgan fingerprint density at radius 3 is 1.00 bits per heavy atom. The van der Waals surface area contributed by atoms with Gasteiger partial charge in [-0.25, -0.2) is 0 Å². The minimum absolute atomic E-state index is 0. The molecule has 0 N–H and O–H groups in total. The van der Waals surface area contributed by atoms with Gasteiger partial charge in [0.1, 0.15) is 0 Å². The van der Waals surface area contributed by atoms with Crippen LogP contribution in [0.25, 0.3) is 0 Å². The molecule has 61 valence electrons. The molecular formula is C2H7BF4NPd. The van der Waals surface area contributed by atoms with Gasteiger partial charge >= 0.3 is 0 Å². The van der Waals surface area contributed by atoms with Gasteiger partial charge in [-0.3, -0.25) is 18.8 Å². The normalized spacial score (nSPS) is 0.889. The largest absolute Gasteiger partial charge is 0.269 e. The molecule has 0 saturated heterocycles. The van der Waals surface area contributed by atoms with Crippen LogP contribution in [0.4, 0.5) is 18.8 Å². The first-order chi connectivity index (χ1) is 1.41. The fourth-order valence-electron chi connectivity index (χ4n) is 0. The summed E-state index contributed by atoms with van der Waals surface area (Å²) in [5.41, 5.74) is 0. The molecule has 7 heteroatoms. The van der Waals surface area contributed by atoms with Gasteiger partial charge in [-0.2, -0.15) is 5.26 Å². The van der Waals surface area contributed by atoms with E-state index in [1.54, 1.807) is 6.07 Å². The summed E-state index contributed by atoms with van der Waals surface area (Å²) < 4.78 is 0. The van der Waals surface area contributed by atoms with Gasteiger partial charge < -0.3 is 0 Å². The van der Waals surface area contributed by atoms with E-state index in [-0.39, 0.29) is 47.7 Å². The van der Waals surface area contributed by atoms with E-state index in [1.807, 2.05) is 0 Å². The summed E-state index contributed by atoms with van der Waals surface area (Å²) in [6, 6.07) is 1.75. The quantitative estimate of drug-likeness (QED) is 0.451. The predicted octanol–water partition coefficient (Wildman–Crippen LogP) is 0.757. The van der Waals surface area contributed by atoms with Gasteiger partial charge in [0, 0.05) is 35.8 Å². The Labute approximate surface area is 66.5 Å². The first-order valence-corrected chi connectivity index (χ1v) is 0.724. The minimum atomic E-state index is 0. The van der Waals surface area contributed by atoms with E-state index in [9.17, 15) is 0 Å². The van der Waals surface area contributed by atoms with E-state index < -0.39 is 0 Å². The Bertz CT molecular complexity index is 40.0. The number of hydrogen-bond donors (Lipinski definition) is 0. The number of rotatable bonds is 0. The summed E-state index contributed by atoms with van der Waals surface area (Å²) in [4.78, 5) is 0. The maximum absolute atomic E-state index is 7.32. The fourth-order valence-corrected chi connectivity index (χ4v) is 0. The van der Waals surface area contributed by atoms with E-state index in [0.717, 1.165) is 0 Å². The zero-order valence-electron chi connectivity index (χ0n) is 4.47. The second kappa shape index (κ2) is 435. The zero-order chi connectivity index (χ0) is 2.71. The van der Waals surface area contributed by atoms with Gasteiger partial charge in [0.05, 0.1) is 6.07 Å². The van der Waals surface area contributed by atoms with Gasteiger partial charge in [0.2, 0.25) is 0 Å². The topological polar surface area (TPSA) is 23.8 Å². The van der Waals surface area contributed by atoms with Crippen LogP contribution < -0.4 is 0 Å². The molecule has 9 heavy (non-hydrogen) atoms. The summed E-state index contributed by atoms with van der Waals surface area (Å²) in [6.45, 7) is 1.43. The summed E-state index contributed by atoms with van der Waals surface area (Å²) in [5, 5.41) is 7.32. The monoisotopic (exact) mass is 238 g/mol. The third-order valence-electron chi connectivity index (χ3n) is 0. The molecule has 0 amide bonds. The molecule has 0 rings (SSSR count). The number of nitriles is 1. The van der Waals surface area contributed by atoms with Crippen molar-refractivity contribution < 1.29 is 39.2 Å². The van der Waals surface area contributed by atoms with E-state index in [0.29, 0.717) is 0 Å². The fraction of sp³-hybridized carbons (Fsp3) is 0.500. The predicted molar refractivity (Wildman–Crippen MR) is 27.1 cm³/mol. The van der Waals surface area contributed by atoms with E-state index in [2.05, 4.69) is 0 Å². The molecule has 0 aromatic heterocycles. The average Bonchev–Trinajstić information content (AvgIpc) is 0.918. The molecule has 3 radical (unpaired) electrons. The van der Waals surface area contributed by atoms with Crippen LogP contribution in [0.15, 0.2) is 0 Å². The number of halogens is 4. The maximum atomic E-state index is 7.32. The van der Waals surface area contributed by atoms with Gasteiger partial charge in [-0.15, -0.1) is 0 Å². The van der Waals surface area contributed by atoms with Crippen molar-refractivity contribution in [3.63, 3.8) is 0 Å². The Morgan fingerprint density at radius 2 is 1.00 bits per heavy atom. The molecule has 0 aromatic carbocycles. The molecule has 0 aliphatic rings. The van der Waals surface area contributed by atoms with Gasteiger partial charge in [-0.05, 0) is 0 Å². The third kappa shape index (κ3) is 71100. The van der Waals surface area contributed by atoms with Crippen molar-refractivity contribution in [2.24, 2.45) is 0 Å². The van der Waals surface area contributed by atoms with Crippen LogP contribution in [-0.2, 0) is 20.4 Å². The summed E-state index contributed by atoms with van der Waals surface area (Å²) >= 11 is 0. The van der Waals surface area contributed by atoms with Crippen molar-refractivity contribution in [3.05, 3.63) is 0 Å². The SMILES string of the molecule is CC#N.F.F.F.F.[B].[Pd]. The van der Waals surface area contributed by atoms with E-state index in [4.69, 9.17) is 5.26 Å². The van der Waals surface area contributed by atoms with Crippen molar-refractivity contribution >= 4 is 8.41 Å². The van der Waals surface area contributed by atoms with Crippen LogP contribution in [0, 0.1) is 11.3 Å². The zero-order valence-corrected chi connectivity index (χ0v) is 6.03. The smallest absolute Gasteiger partial charge is 0.0587 e. The molecule has 0 saturated carbocycles. The van der Waals surface area contributed by atoms with Crippen LogP contribution >= 0.6 is 0 Å². The molecule has 1 nitrogen and oxygen atoms in total. The van der Waals surface area contributed by atoms with Crippen LogP contribution in [-0.4, -0.2) is 8.41 Å². The molecule has 0 unspecified atom stereocenters. The van der Waals surface area contributed by atoms with Crippen molar-refractivity contribution in [2.75, 3.05) is 0 Å². The number of nitrogens with zero attached hydrogens (tertiary/aromatic N) is 1. The summed E-state index contributed by atoms with van der Waals surface area (Å²) in [5.74, 6) is 0. The van der Waals surface area contributed by atoms with Gasteiger partial charge in [0.15, 0.2) is 0 Å². The average molecular weight is 238 g/mol. The second-order valence-electron chi connectivity index (χ2n) is 0.224. The molecular weight excluding hydrogens is 231 g/mol. The Morgan fingerprint density at radius 1 is 1.00 bits per heavy atom. The molecule has 0 aliphatic carbocycles. The molecule has 0 bridgehead atoms. The van der Waals surface area contributed by atoms with Crippen LogP contribution in [0.5, 0.6) is 0 Å². The van der Waals surface area contributed by atoms with Crippen molar-refractivity contribution in [1.29, 1.82) is 5.26 Å². The van der Waals surface area contributed by atoms with Gasteiger partial charge in [0.25, 0.3) is 0 Å². The van der Waals surface area contributed by atoms with Gasteiger partial charge in [-0.1, -0.05) is 0 Å². The van der Waals surface area contributed by atoms with E-state index >= 15 is 0 Å². The maximum Gasteiger partial charge on any atom is 0.0587 e. The first kappa shape index (κ1) is 150. The third-order valence-corrected chi connectivity index (χ3v) is 0. The molecule has 0 aliphatic heterocycles. The minimum Gasteiger partial charge on any atom is -0.269 e. The molecule has 0 atom stereocenters. The van der Waals surface area contributed by atoms with E-state index in [1.165, 1.54) is 6.92 Å².